The number of benzene rings is 1. The first kappa shape index (κ1) is 14.8. The monoisotopic (exact) mass is 272 g/mol. The van der Waals surface area contributed by atoms with Crippen molar-refractivity contribution in [3.8, 4) is 0 Å². The minimum Gasteiger partial charge on any atom is -0.361 e. The molecule has 0 saturated carbocycles. The number of Topliss-reactive ketones (excluding diaryl/α,β-unsaturated/α-hetero) is 1. The number of ketones is 1. The van der Waals surface area contributed by atoms with Gasteiger partial charge >= 0.3 is 0 Å². The number of carbonyl (C=O) groups excluding carboxylic acids is 1. The van der Waals surface area contributed by atoms with Crippen molar-refractivity contribution in [2.24, 2.45) is 0 Å². The van der Waals surface area contributed by atoms with Crippen molar-refractivity contribution in [3.05, 3.63) is 36.0 Å². The molecule has 20 heavy (non-hydrogen) atoms. The minimum atomic E-state index is 0.331. The zero-order chi connectivity index (χ0) is 14.4. The smallest absolute Gasteiger partial charge is 0.146 e. The van der Waals surface area contributed by atoms with Crippen molar-refractivity contribution in [2.75, 3.05) is 19.6 Å². The van der Waals surface area contributed by atoms with Crippen molar-refractivity contribution in [1.29, 1.82) is 0 Å². The van der Waals surface area contributed by atoms with Crippen molar-refractivity contribution in [3.63, 3.8) is 0 Å². The summed E-state index contributed by atoms with van der Waals surface area (Å²) < 4.78 is 0. The lowest BCUT2D eigenvalue weighted by Crippen LogP contribution is -2.32. The predicted molar refractivity (Wildman–Crippen MR) is 84.0 cm³/mol. The van der Waals surface area contributed by atoms with Gasteiger partial charge < -0.3 is 4.98 Å². The molecule has 3 heteroatoms. The Bertz CT molecular complexity index is 559. The summed E-state index contributed by atoms with van der Waals surface area (Å²) in [5.74, 6) is 0.331. The maximum absolute atomic E-state index is 11.6. The molecule has 0 unspecified atom stereocenters. The average molecular weight is 272 g/mol. The van der Waals surface area contributed by atoms with Gasteiger partial charge in [0.05, 0.1) is 6.54 Å². The molecule has 0 atom stereocenters. The molecule has 1 heterocycles. The highest BCUT2D eigenvalue weighted by molar-refractivity contribution is 5.83. The molecule has 2 rings (SSSR count). The molecule has 1 N–H and O–H groups in total. The first-order chi connectivity index (χ1) is 9.74. The number of aromatic nitrogens is 1. The summed E-state index contributed by atoms with van der Waals surface area (Å²) in [5.41, 5.74) is 2.53. The van der Waals surface area contributed by atoms with Crippen LogP contribution in [0.4, 0.5) is 0 Å². The van der Waals surface area contributed by atoms with Gasteiger partial charge in [0.2, 0.25) is 0 Å². The van der Waals surface area contributed by atoms with Gasteiger partial charge in [-0.1, -0.05) is 32.0 Å². The first-order valence-electron chi connectivity index (χ1n) is 7.53. The normalized spacial score (nSPS) is 11.3. The van der Waals surface area contributed by atoms with Crippen molar-refractivity contribution < 1.29 is 4.79 Å². The predicted octanol–water partition coefficient (Wildman–Crippen LogP) is 3.40. The average Bonchev–Trinajstić information content (AvgIpc) is 2.88. The SMILES string of the molecule is CCCN(CCc1c[nH]c2ccccc12)CC(=O)CC. The van der Waals surface area contributed by atoms with E-state index in [0.29, 0.717) is 18.7 Å². The molecule has 2 aromatic rings. The number of fused-ring (bicyclic) bond motifs is 1. The van der Waals surface area contributed by atoms with Crippen LogP contribution in [0.3, 0.4) is 0 Å². The number of rotatable bonds is 8. The molecular formula is C17H24N2O. The van der Waals surface area contributed by atoms with E-state index in [1.54, 1.807) is 0 Å². The van der Waals surface area contributed by atoms with E-state index in [2.05, 4.69) is 41.2 Å². The zero-order valence-electron chi connectivity index (χ0n) is 12.5. The summed E-state index contributed by atoms with van der Waals surface area (Å²) >= 11 is 0. The van der Waals surface area contributed by atoms with Gasteiger partial charge in [-0.15, -0.1) is 0 Å². The number of nitrogens with zero attached hydrogens (tertiary/aromatic N) is 1. The van der Waals surface area contributed by atoms with Crippen LogP contribution in [-0.2, 0) is 11.2 Å². The van der Waals surface area contributed by atoms with E-state index in [9.17, 15) is 4.79 Å². The summed E-state index contributed by atoms with van der Waals surface area (Å²) in [6.45, 7) is 6.63. The highest BCUT2D eigenvalue weighted by Crippen LogP contribution is 2.18. The Morgan fingerprint density at radius 2 is 2.00 bits per heavy atom. The minimum absolute atomic E-state index is 0.331. The molecule has 0 aliphatic heterocycles. The Morgan fingerprint density at radius 3 is 2.75 bits per heavy atom. The van der Waals surface area contributed by atoms with Crippen LogP contribution >= 0.6 is 0 Å². The molecule has 0 bridgehead atoms. The number of para-hydroxylation sites is 1. The molecule has 0 fully saturated rings. The van der Waals surface area contributed by atoms with Gasteiger partial charge in [-0.25, -0.2) is 0 Å². The molecule has 1 aromatic heterocycles. The largest absolute Gasteiger partial charge is 0.361 e. The van der Waals surface area contributed by atoms with Crippen LogP contribution in [0.25, 0.3) is 10.9 Å². The van der Waals surface area contributed by atoms with Crippen molar-refractivity contribution >= 4 is 16.7 Å². The lowest BCUT2D eigenvalue weighted by Gasteiger charge is -2.20. The number of hydrogen-bond acceptors (Lipinski definition) is 2. The fourth-order valence-electron chi connectivity index (χ4n) is 2.56. The topological polar surface area (TPSA) is 36.1 Å². The molecule has 0 spiro atoms. The summed E-state index contributed by atoms with van der Waals surface area (Å²) in [5, 5.41) is 1.30. The van der Waals surface area contributed by atoms with E-state index in [1.165, 1.54) is 16.5 Å². The number of carbonyl (C=O) groups is 1. The van der Waals surface area contributed by atoms with Crippen LogP contribution < -0.4 is 0 Å². The molecule has 1 aromatic carbocycles. The van der Waals surface area contributed by atoms with Gasteiger partial charge in [-0.3, -0.25) is 9.69 Å². The van der Waals surface area contributed by atoms with Crippen LogP contribution in [0.1, 0.15) is 32.3 Å². The van der Waals surface area contributed by atoms with Crippen LogP contribution in [0.15, 0.2) is 30.5 Å². The number of H-pyrrole nitrogens is 1. The lowest BCUT2D eigenvalue weighted by molar-refractivity contribution is -0.119. The molecule has 0 amide bonds. The number of nitrogens with one attached hydrogen (secondary N) is 1. The Morgan fingerprint density at radius 1 is 1.20 bits per heavy atom. The Balaban J connectivity index is 1.99. The second-order valence-corrected chi connectivity index (χ2v) is 5.28. The second-order valence-electron chi connectivity index (χ2n) is 5.28. The molecule has 3 nitrogen and oxygen atoms in total. The van der Waals surface area contributed by atoms with E-state index < -0.39 is 0 Å². The highest BCUT2D eigenvalue weighted by atomic mass is 16.1. The van der Waals surface area contributed by atoms with Gasteiger partial charge in [-0.2, -0.15) is 0 Å². The summed E-state index contributed by atoms with van der Waals surface area (Å²) in [7, 11) is 0. The highest BCUT2D eigenvalue weighted by Gasteiger charge is 2.10. The Kier molecular flexibility index (Phi) is 5.36. The zero-order valence-corrected chi connectivity index (χ0v) is 12.5. The molecule has 0 aliphatic carbocycles. The first-order valence-corrected chi connectivity index (χ1v) is 7.53. The molecule has 0 saturated heterocycles. The van der Waals surface area contributed by atoms with Crippen molar-refractivity contribution in [1.82, 2.24) is 9.88 Å². The summed E-state index contributed by atoms with van der Waals surface area (Å²) in [6, 6.07) is 8.38. The Hall–Kier alpha value is -1.61. The van der Waals surface area contributed by atoms with E-state index >= 15 is 0 Å². The van der Waals surface area contributed by atoms with Crippen LogP contribution in [0.2, 0.25) is 0 Å². The number of hydrogen-bond donors (Lipinski definition) is 1. The van der Waals surface area contributed by atoms with Gasteiger partial charge in [0.1, 0.15) is 5.78 Å². The Labute approximate surface area is 121 Å². The second kappa shape index (κ2) is 7.25. The van der Waals surface area contributed by atoms with Gasteiger partial charge in [0.25, 0.3) is 0 Å². The van der Waals surface area contributed by atoms with Crippen LogP contribution in [-0.4, -0.2) is 35.3 Å². The maximum Gasteiger partial charge on any atom is 0.146 e. The van der Waals surface area contributed by atoms with E-state index in [0.717, 1.165) is 25.9 Å². The van der Waals surface area contributed by atoms with E-state index in [-0.39, 0.29) is 0 Å². The van der Waals surface area contributed by atoms with Gasteiger partial charge in [-0.05, 0) is 31.0 Å². The lowest BCUT2D eigenvalue weighted by atomic mass is 10.1. The number of aromatic amines is 1. The standard InChI is InChI=1S/C17H24N2O/c1-3-10-19(13-15(20)4-2)11-9-14-12-18-17-8-6-5-7-16(14)17/h5-8,12,18H,3-4,9-11,13H2,1-2H3. The molecular weight excluding hydrogens is 248 g/mol. The molecule has 0 radical (unpaired) electrons. The quantitative estimate of drug-likeness (QED) is 0.799. The third kappa shape index (κ3) is 3.70. The van der Waals surface area contributed by atoms with Crippen LogP contribution in [0, 0.1) is 0 Å². The van der Waals surface area contributed by atoms with Crippen LogP contribution in [0.5, 0.6) is 0 Å². The fourth-order valence-corrected chi connectivity index (χ4v) is 2.56. The maximum atomic E-state index is 11.6. The summed E-state index contributed by atoms with van der Waals surface area (Å²) in [4.78, 5) is 17.2. The van der Waals surface area contributed by atoms with Crippen molar-refractivity contribution in [2.45, 2.75) is 33.1 Å². The van der Waals surface area contributed by atoms with E-state index in [4.69, 9.17) is 0 Å². The molecule has 108 valence electrons. The fraction of sp³-hybridized carbons (Fsp3) is 0.471. The van der Waals surface area contributed by atoms with E-state index in [1.807, 2.05) is 13.0 Å². The molecule has 0 aliphatic rings. The van der Waals surface area contributed by atoms with Gasteiger partial charge in [0.15, 0.2) is 0 Å². The third-order valence-electron chi connectivity index (χ3n) is 3.71. The third-order valence-corrected chi connectivity index (χ3v) is 3.71. The summed E-state index contributed by atoms with van der Waals surface area (Å²) in [6.07, 6.45) is 4.80. The van der Waals surface area contributed by atoms with Gasteiger partial charge in [0, 0.05) is 30.1 Å².